The number of anilines is 3. The molecule has 136 valence electrons. The number of aromatic nitrogens is 4. The number of benzene rings is 1. The molecule has 0 bridgehead atoms. The summed E-state index contributed by atoms with van der Waals surface area (Å²) in [7, 11) is -3.63. The highest BCUT2D eigenvalue weighted by molar-refractivity contribution is 7.90. The second-order valence-corrected chi connectivity index (χ2v) is 7.41. The third kappa shape index (κ3) is 3.57. The predicted molar refractivity (Wildman–Crippen MR) is 94.6 cm³/mol. The van der Waals surface area contributed by atoms with E-state index in [4.69, 9.17) is 5.11 Å². The minimum atomic E-state index is -3.63. The molecule has 3 N–H and O–H groups in total. The van der Waals surface area contributed by atoms with Crippen LogP contribution in [0.3, 0.4) is 0 Å². The lowest BCUT2D eigenvalue weighted by Gasteiger charge is -2.10. The Kier molecular flexibility index (Phi) is 4.47. The summed E-state index contributed by atoms with van der Waals surface area (Å²) in [6.07, 6.45) is 2.07. The van der Waals surface area contributed by atoms with Crippen LogP contribution in [0, 0.1) is 0 Å². The van der Waals surface area contributed by atoms with E-state index in [9.17, 15) is 13.2 Å². The van der Waals surface area contributed by atoms with Crippen molar-refractivity contribution < 1.29 is 18.3 Å². The molecule has 10 nitrogen and oxygen atoms in total. The lowest BCUT2D eigenvalue weighted by atomic mass is 10.3. The minimum Gasteiger partial charge on any atom is -0.465 e. The van der Waals surface area contributed by atoms with Gasteiger partial charge in [-0.3, -0.25) is 5.32 Å². The predicted octanol–water partition coefficient (Wildman–Crippen LogP) is 1.92. The van der Waals surface area contributed by atoms with Crippen LogP contribution in [0.15, 0.2) is 35.6 Å². The Balaban J connectivity index is 2.09. The standard InChI is InChI=1S/C15H16N6O4S/c1-3-9-8-16-21-12(9)19-14(26(2,24)25)20-13(21)17-10-5-4-6-11(7-10)18-15(22)23/h4-8,18H,3H2,1-2H3,(H,22,23)(H,17,19,20). The minimum absolute atomic E-state index is 0.155. The van der Waals surface area contributed by atoms with Crippen LogP contribution in [-0.4, -0.2) is 45.5 Å². The summed E-state index contributed by atoms with van der Waals surface area (Å²) in [5, 5.41) is 17.9. The lowest BCUT2D eigenvalue weighted by Crippen LogP contribution is -2.12. The molecule has 0 aliphatic carbocycles. The van der Waals surface area contributed by atoms with E-state index >= 15 is 0 Å². The summed E-state index contributed by atoms with van der Waals surface area (Å²) in [4.78, 5) is 18.9. The van der Waals surface area contributed by atoms with Gasteiger partial charge in [-0.15, -0.1) is 0 Å². The molecule has 0 fully saturated rings. The van der Waals surface area contributed by atoms with Crippen molar-refractivity contribution in [1.82, 2.24) is 19.6 Å². The topological polar surface area (TPSA) is 139 Å². The maximum absolute atomic E-state index is 11.9. The first-order valence-corrected chi connectivity index (χ1v) is 9.49. The van der Waals surface area contributed by atoms with Crippen molar-refractivity contribution in [2.45, 2.75) is 18.5 Å². The van der Waals surface area contributed by atoms with E-state index in [0.29, 0.717) is 23.4 Å². The molecule has 2 heterocycles. The van der Waals surface area contributed by atoms with Crippen molar-refractivity contribution in [2.75, 3.05) is 16.9 Å². The van der Waals surface area contributed by atoms with Gasteiger partial charge >= 0.3 is 6.09 Å². The normalized spacial score (nSPS) is 11.5. The number of nitrogens with zero attached hydrogens (tertiary/aromatic N) is 4. The third-order valence-corrected chi connectivity index (χ3v) is 4.35. The van der Waals surface area contributed by atoms with Gasteiger partial charge in [-0.2, -0.15) is 19.6 Å². The Morgan fingerprint density at radius 3 is 2.65 bits per heavy atom. The lowest BCUT2D eigenvalue weighted by molar-refractivity contribution is 0.210. The summed E-state index contributed by atoms with van der Waals surface area (Å²) in [6, 6.07) is 6.46. The van der Waals surface area contributed by atoms with Crippen molar-refractivity contribution >= 4 is 38.9 Å². The molecule has 0 saturated heterocycles. The Morgan fingerprint density at radius 2 is 2.00 bits per heavy atom. The van der Waals surface area contributed by atoms with Gasteiger partial charge in [0.15, 0.2) is 5.65 Å². The van der Waals surface area contributed by atoms with E-state index in [1.807, 2.05) is 6.92 Å². The largest absolute Gasteiger partial charge is 0.465 e. The second kappa shape index (κ2) is 6.59. The van der Waals surface area contributed by atoms with Gasteiger partial charge < -0.3 is 10.4 Å². The Labute approximate surface area is 148 Å². The molecule has 0 unspecified atom stereocenters. The SMILES string of the molecule is CCc1cnn2c(Nc3cccc(NC(=O)O)c3)nc(S(C)(=O)=O)nc12. The number of rotatable bonds is 5. The fraction of sp³-hybridized carbons (Fsp3) is 0.200. The van der Waals surface area contributed by atoms with E-state index in [1.165, 1.54) is 4.52 Å². The van der Waals surface area contributed by atoms with E-state index < -0.39 is 15.9 Å². The third-order valence-electron chi connectivity index (χ3n) is 3.50. The number of fused-ring (bicyclic) bond motifs is 1. The molecule has 0 aliphatic heterocycles. The molecule has 0 spiro atoms. The molecule has 0 aliphatic rings. The van der Waals surface area contributed by atoms with Crippen molar-refractivity contribution in [3.8, 4) is 0 Å². The number of amides is 1. The Hall–Kier alpha value is -3.21. The van der Waals surface area contributed by atoms with Gasteiger partial charge in [0.05, 0.1) is 6.20 Å². The summed E-state index contributed by atoms with van der Waals surface area (Å²) in [5.41, 5.74) is 2.03. The number of carbonyl (C=O) groups is 1. The van der Waals surface area contributed by atoms with Gasteiger partial charge in [0.1, 0.15) is 0 Å². The van der Waals surface area contributed by atoms with Crippen LogP contribution >= 0.6 is 0 Å². The van der Waals surface area contributed by atoms with Crippen LogP contribution < -0.4 is 10.6 Å². The fourth-order valence-electron chi connectivity index (χ4n) is 2.33. The number of nitrogens with one attached hydrogen (secondary N) is 2. The first kappa shape index (κ1) is 17.6. The summed E-state index contributed by atoms with van der Waals surface area (Å²) in [5.74, 6) is 0.155. The van der Waals surface area contributed by atoms with E-state index in [2.05, 4.69) is 25.7 Å². The van der Waals surface area contributed by atoms with E-state index in [-0.39, 0.29) is 11.1 Å². The maximum atomic E-state index is 11.9. The van der Waals surface area contributed by atoms with Crippen LogP contribution in [0.4, 0.5) is 22.1 Å². The molecular weight excluding hydrogens is 360 g/mol. The molecule has 0 atom stereocenters. The van der Waals surface area contributed by atoms with Crippen LogP contribution in [0.1, 0.15) is 12.5 Å². The molecule has 3 aromatic rings. The van der Waals surface area contributed by atoms with Crippen LogP contribution in [-0.2, 0) is 16.3 Å². The molecule has 2 aromatic heterocycles. The van der Waals surface area contributed by atoms with Crippen molar-refractivity contribution in [3.63, 3.8) is 0 Å². The van der Waals surface area contributed by atoms with Gasteiger partial charge in [0.25, 0.3) is 5.16 Å². The molecule has 11 heteroatoms. The zero-order chi connectivity index (χ0) is 18.9. The maximum Gasteiger partial charge on any atom is 0.409 e. The number of hydrogen-bond acceptors (Lipinski definition) is 7. The van der Waals surface area contributed by atoms with Crippen molar-refractivity contribution in [2.24, 2.45) is 0 Å². The Bertz CT molecular complexity index is 1090. The summed E-state index contributed by atoms with van der Waals surface area (Å²) < 4.78 is 25.2. The molecule has 3 rings (SSSR count). The quantitative estimate of drug-likeness (QED) is 0.614. The molecule has 0 saturated carbocycles. The number of carboxylic acid groups (broad SMARTS) is 1. The highest BCUT2D eigenvalue weighted by Crippen LogP contribution is 2.22. The average Bonchev–Trinajstić information content (AvgIpc) is 2.97. The Morgan fingerprint density at radius 1 is 1.27 bits per heavy atom. The number of hydrogen-bond donors (Lipinski definition) is 3. The smallest absolute Gasteiger partial charge is 0.409 e. The van der Waals surface area contributed by atoms with Gasteiger partial charge in [-0.1, -0.05) is 13.0 Å². The van der Waals surface area contributed by atoms with Gasteiger partial charge in [-0.25, -0.2) is 13.2 Å². The van der Waals surface area contributed by atoms with Gasteiger partial charge in [0, 0.05) is 23.2 Å². The second-order valence-electron chi connectivity index (χ2n) is 5.50. The van der Waals surface area contributed by atoms with E-state index in [1.54, 1.807) is 30.5 Å². The molecule has 0 radical (unpaired) electrons. The van der Waals surface area contributed by atoms with Crippen molar-refractivity contribution in [1.29, 1.82) is 0 Å². The average molecular weight is 376 g/mol. The first-order chi connectivity index (χ1) is 12.3. The van der Waals surface area contributed by atoms with Gasteiger partial charge in [0.2, 0.25) is 15.8 Å². The molecule has 1 aromatic carbocycles. The highest BCUT2D eigenvalue weighted by Gasteiger charge is 2.18. The van der Waals surface area contributed by atoms with Crippen LogP contribution in [0.25, 0.3) is 5.65 Å². The fourth-order valence-corrected chi connectivity index (χ4v) is 2.83. The van der Waals surface area contributed by atoms with Crippen molar-refractivity contribution in [3.05, 3.63) is 36.0 Å². The monoisotopic (exact) mass is 376 g/mol. The molecular formula is C15H16N6O4S. The highest BCUT2D eigenvalue weighted by atomic mass is 32.2. The molecule has 26 heavy (non-hydrogen) atoms. The summed E-state index contributed by atoms with van der Waals surface area (Å²) >= 11 is 0. The number of sulfone groups is 1. The summed E-state index contributed by atoms with van der Waals surface area (Å²) in [6.45, 7) is 1.91. The van der Waals surface area contributed by atoms with Crippen LogP contribution in [0.2, 0.25) is 0 Å². The first-order valence-electron chi connectivity index (χ1n) is 7.59. The molecule has 1 amide bonds. The number of aryl methyl sites for hydroxylation is 1. The van der Waals surface area contributed by atoms with E-state index in [0.717, 1.165) is 11.8 Å². The zero-order valence-corrected chi connectivity index (χ0v) is 14.8. The van der Waals surface area contributed by atoms with Crippen LogP contribution in [0.5, 0.6) is 0 Å². The zero-order valence-electron chi connectivity index (χ0n) is 14.0. The van der Waals surface area contributed by atoms with Gasteiger partial charge in [-0.05, 0) is 24.6 Å².